The number of nitrogens with one attached hydrogen (secondary N) is 1. The van der Waals surface area contributed by atoms with Crippen molar-refractivity contribution >= 4 is 29.3 Å². The maximum Gasteiger partial charge on any atom is 0.230 e. The molecular weight excluding hydrogens is 392 g/mol. The van der Waals surface area contributed by atoms with Gasteiger partial charge < -0.3 is 9.88 Å². The highest BCUT2D eigenvalue weighted by molar-refractivity contribution is 7.99. The molecule has 0 saturated heterocycles. The van der Waals surface area contributed by atoms with Crippen LogP contribution in [0.25, 0.3) is 11.4 Å². The number of halogens is 1. The highest BCUT2D eigenvalue weighted by atomic mass is 35.5. The molecule has 0 unspecified atom stereocenters. The minimum atomic E-state index is 0.0281. The Labute approximate surface area is 177 Å². The van der Waals surface area contributed by atoms with Gasteiger partial charge in [0.05, 0.1) is 5.75 Å². The number of hydrogen-bond acceptors (Lipinski definition) is 4. The number of carbonyl (C=O) groups is 1. The Hall–Kier alpha value is -1.53. The molecule has 2 rings (SSSR count). The Balaban J connectivity index is 2.16. The van der Waals surface area contributed by atoms with E-state index in [9.17, 15) is 4.79 Å². The maximum absolute atomic E-state index is 12.1. The van der Waals surface area contributed by atoms with Crippen molar-refractivity contribution in [1.82, 2.24) is 20.1 Å². The summed E-state index contributed by atoms with van der Waals surface area (Å²) in [5.41, 5.74) is 0.982. The van der Waals surface area contributed by atoms with E-state index >= 15 is 0 Å². The van der Waals surface area contributed by atoms with Crippen molar-refractivity contribution in [2.45, 2.75) is 58.7 Å². The number of amides is 1. The predicted octanol–water partition coefficient (Wildman–Crippen LogP) is 5.29. The van der Waals surface area contributed by atoms with Crippen LogP contribution in [0.4, 0.5) is 0 Å². The lowest BCUT2D eigenvalue weighted by atomic mass is 10.0. The fourth-order valence-corrected chi connectivity index (χ4v) is 3.73. The van der Waals surface area contributed by atoms with Crippen LogP contribution >= 0.6 is 23.4 Å². The van der Waals surface area contributed by atoms with Gasteiger partial charge in [0.15, 0.2) is 11.0 Å². The molecule has 154 valence electrons. The number of unbranched alkanes of at least 4 members (excludes halogenated alkanes) is 1. The van der Waals surface area contributed by atoms with Crippen LogP contribution in [0.2, 0.25) is 5.02 Å². The van der Waals surface area contributed by atoms with Gasteiger partial charge in [0.25, 0.3) is 0 Å². The normalized spacial score (nSPS) is 12.4. The quantitative estimate of drug-likeness (QED) is 0.500. The van der Waals surface area contributed by atoms with Crippen molar-refractivity contribution in [1.29, 1.82) is 0 Å². The topological polar surface area (TPSA) is 59.8 Å². The van der Waals surface area contributed by atoms with Crippen LogP contribution in [0.5, 0.6) is 0 Å². The molecule has 1 aromatic heterocycles. The van der Waals surface area contributed by atoms with E-state index in [1.165, 1.54) is 24.6 Å². The summed E-state index contributed by atoms with van der Waals surface area (Å²) >= 11 is 7.47. The SMILES string of the molecule is CCCC[C@@H](C)Cn1c(SCC(=O)NCC(C)C)nnc1-c1ccc(Cl)cc1. The first-order valence-corrected chi connectivity index (χ1v) is 11.4. The van der Waals surface area contributed by atoms with Crippen LogP contribution < -0.4 is 5.32 Å². The summed E-state index contributed by atoms with van der Waals surface area (Å²) in [5, 5.41) is 13.2. The number of aromatic nitrogens is 3. The van der Waals surface area contributed by atoms with Crippen LogP contribution in [0.3, 0.4) is 0 Å². The molecule has 0 bridgehead atoms. The zero-order valence-electron chi connectivity index (χ0n) is 17.2. The first kappa shape index (κ1) is 22.8. The molecule has 0 fully saturated rings. The lowest BCUT2D eigenvalue weighted by Crippen LogP contribution is -2.28. The first-order valence-electron chi connectivity index (χ1n) is 9.99. The lowest BCUT2D eigenvalue weighted by molar-refractivity contribution is -0.118. The second kappa shape index (κ2) is 11.5. The average Bonchev–Trinajstić information content (AvgIpc) is 3.06. The van der Waals surface area contributed by atoms with E-state index in [1.807, 2.05) is 24.3 Å². The molecule has 0 aliphatic rings. The Morgan fingerprint density at radius 3 is 2.57 bits per heavy atom. The van der Waals surface area contributed by atoms with Gasteiger partial charge in [-0.25, -0.2) is 0 Å². The summed E-state index contributed by atoms with van der Waals surface area (Å²) in [6.07, 6.45) is 3.56. The zero-order chi connectivity index (χ0) is 20.5. The highest BCUT2D eigenvalue weighted by Crippen LogP contribution is 2.27. The first-order chi connectivity index (χ1) is 13.4. The maximum atomic E-state index is 12.1. The Morgan fingerprint density at radius 1 is 1.21 bits per heavy atom. The number of hydrogen-bond donors (Lipinski definition) is 1. The summed E-state index contributed by atoms with van der Waals surface area (Å²) in [7, 11) is 0. The molecule has 1 N–H and O–H groups in total. The fraction of sp³-hybridized carbons (Fsp3) is 0.571. The van der Waals surface area contributed by atoms with Gasteiger partial charge in [-0.1, -0.05) is 63.9 Å². The molecule has 0 aliphatic heterocycles. The smallest absolute Gasteiger partial charge is 0.230 e. The molecule has 1 aromatic carbocycles. The van der Waals surface area contributed by atoms with Gasteiger partial charge in [-0.2, -0.15) is 0 Å². The van der Waals surface area contributed by atoms with Gasteiger partial charge in [-0.3, -0.25) is 4.79 Å². The Kier molecular flexibility index (Phi) is 9.32. The summed E-state index contributed by atoms with van der Waals surface area (Å²) in [6, 6.07) is 7.65. The van der Waals surface area contributed by atoms with Crippen molar-refractivity contribution < 1.29 is 4.79 Å². The third kappa shape index (κ3) is 7.13. The van der Waals surface area contributed by atoms with Gasteiger partial charge in [0, 0.05) is 23.7 Å². The fourth-order valence-electron chi connectivity index (χ4n) is 2.83. The van der Waals surface area contributed by atoms with Crippen LogP contribution in [-0.2, 0) is 11.3 Å². The van der Waals surface area contributed by atoms with Crippen molar-refractivity contribution in [2.24, 2.45) is 11.8 Å². The number of rotatable bonds is 11. The molecule has 7 heteroatoms. The number of benzene rings is 1. The molecule has 28 heavy (non-hydrogen) atoms. The summed E-state index contributed by atoms with van der Waals surface area (Å²) in [6.45, 7) is 10.2. The Morgan fingerprint density at radius 2 is 1.93 bits per heavy atom. The van der Waals surface area contributed by atoms with E-state index in [-0.39, 0.29) is 5.91 Å². The molecule has 1 atom stereocenters. The van der Waals surface area contributed by atoms with Crippen molar-refractivity contribution in [3.05, 3.63) is 29.3 Å². The monoisotopic (exact) mass is 422 g/mol. The van der Waals surface area contributed by atoms with Crippen molar-refractivity contribution in [3.8, 4) is 11.4 Å². The number of carbonyl (C=O) groups excluding carboxylic acids is 1. The van der Waals surface area contributed by atoms with Crippen LogP contribution in [0.1, 0.15) is 47.0 Å². The average molecular weight is 423 g/mol. The molecule has 1 amide bonds. The molecule has 0 saturated carbocycles. The minimum Gasteiger partial charge on any atom is -0.355 e. The minimum absolute atomic E-state index is 0.0281. The highest BCUT2D eigenvalue weighted by Gasteiger charge is 2.17. The van der Waals surface area contributed by atoms with Gasteiger partial charge in [0.1, 0.15) is 0 Å². The standard InChI is InChI=1S/C21H31ClN4OS/c1-5-6-7-16(4)13-26-20(17-8-10-18(22)11-9-17)24-25-21(26)28-14-19(27)23-12-15(2)3/h8-11,15-16H,5-7,12-14H2,1-4H3,(H,23,27)/t16-/m1/s1. The van der Waals surface area contributed by atoms with Gasteiger partial charge in [-0.05, 0) is 42.5 Å². The molecule has 1 heterocycles. The van der Waals surface area contributed by atoms with Gasteiger partial charge >= 0.3 is 0 Å². The van der Waals surface area contributed by atoms with E-state index in [2.05, 4.69) is 47.8 Å². The summed E-state index contributed by atoms with van der Waals surface area (Å²) < 4.78 is 2.14. The molecule has 0 spiro atoms. The molecule has 2 aromatic rings. The molecular formula is C21H31ClN4OS. The van der Waals surface area contributed by atoms with E-state index < -0.39 is 0 Å². The van der Waals surface area contributed by atoms with Crippen LogP contribution in [0, 0.1) is 11.8 Å². The van der Waals surface area contributed by atoms with Crippen molar-refractivity contribution in [3.63, 3.8) is 0 Å². The van der Waals surface area contributed by atoms with E-state index in [4.69, 9.17) is 11.6 Å². The Bertz CT molecular complexity index is 745. The van der Waals surface area contributed by atoms with E-state index in [1.54, 1.807) is 0 Å². The van der Waals surface area contributed by atoms with E-state index in [0.717, 1.165) is 29.5 Å². The number of nitrogens with zero attached hydrogens (tertiary/aromatic N) is 3. The molecule has 0 radical (unpaired) electrons. The third-order valence-electron chi connectivity index (χ3n) is 4.40. The lowest BCUT2D eigenvalue weighted by Gasteiger charge is -2.16. The summed E-state index contributed by atoms with van der Waals surface area (Å²) in [5.74, 6) is 2.14. The molecule has 0 aliphatic carbocycles. The predicted molar refractivity (Wildman–Crippen MR) is 118 cm³/mol. The van der Waals surface area contributed by atoms with Gasteiger partial charge in [0.2, 0.25) is 5.91 Å². The number of thioether (sulfide) groups is 1. The zero-order valence-corrected chi connectivity index (χ0v) is 18.8. The second-order valence-electron chi connectivity index (χ2n) is 7.66. The van der Waals surface area contributed by atoms with Gasteiger partial charge in [-0.15, -0.1) is 10.2 Å². The largest absolute Gasteiger partial charge is 0.355 e. The van der Waals surface area contributed by atoms with Crippen LogP contribution in [-0.4, -0.2) is 33.0 Å². The van der Waals surface area contributed by atoms with E-state index in [0.29, 0.717) is 29.2 Å². The van der Waals surface area contributed by atoms with Crippen LogP contribution in [0.15, 0.2) is 29.4 Å². The van der Waals surface area contributed by atoms with Crippen molar-refractivity contribution in [2.75, 3.05) is 12.3 Å². The second-order valence-corrected chi connectivity index (χ2v) is 9.04. The third-order valence-corrected chi connectivity index (χ3v) is 5.62. The summed E-state index contributed by atoms with van der Waals surface area (Å²) in [4.78, 5) is 12.1. The molecule has 5 nitrogen and oxygen atoms in total.